The van der Waals surface area contributed by atoms with Crippen LogP contribution in [0.4, 0.5) is 5.69 Å². The Morgan fingerprint density at radius 2 is 2.40 bits per heavy atom. The van der Waals surface area contributed by atoms with Gasteiger partial charge in [0.05, 0.1) is 19.1 Å². The fraction of sp³-hybridized carbons (Fsp3) is 0.200. The van der Waals surface area contributed by atoms with Gasteiger partial charge in [0.25, 0.3) is 0 Å². The zero-order valence-electron chi connectivity index (χ0n) is 8.10. The number of benzene rings is 1. The average molecular weight is 206 g/mol. The molecule has 1 aromatic rings. The SMILES string of the molecule is COc1cc2c(cc1O)C(C=O)NC=N2. The number of aromatic hydroxyl groups is 1. The maximum absolute atomic E-state index is 10.8. The van der Waals surface area contributed by atoms with Crippen LogP contribution >= 0.6 is 0 Å². The van der Waals surface area contributed by atoms with Gasteiger partial charge in [-0.25, -0.2) is 4.99 Å². The van der Waals surface area contributed by atoms with Gasteiger partial charge in [-0.1, -0.05) is 0 Å². The highest BCUT2D eigenvalue weighted by Crippen LogP contribution is 2.37. The summed E-state index contributed by atoms with van der Waals surface area (Å²) >= 11 is 0. The van der Waals surface area contributed by atoms with E-state index < -0.39 is 6.04 Å². The zero-order valence-corrected chi connectivity index (χ0v) is 8.10. The molecule has 2 N–H and O–H groups in total. The molecule has 0 amide bonds. The van der Waals surface area contributed by atoms with Crippen LogP contribution in [-0.2, 0) is 4.79 Å². The van der Waals surface area contributed by atoms with Gasteiger partial charge in [0.15, 0.2) is 11.5 Å². The topological polar surface area (TPSA) is 70.9 Å². The van der Waals surface area contributed by atoms with Crippen molar-refractivity contribution < 1.29 is 14.6 Å². The van der Waals surface area contributed by atoms with E-state index in [1.165, 1.54) is 19.5 Å². The monoisotopic (exact) mass is 206 g/mol. The fourth-order valence-electron chi connectivity index (χ4n) is 1.49. The van der Waals surface area contributed by atoms with E-state index in [1.54, 1.807) is 6.07 Å². The maximum Gasteiger partial charge on any atom is 0.162 e. The van der Waals surface area contributed by atoms with Crippen LogP contribution in [-0.4, -0.2) is 24.8 Å². The second kappa shape index (κ2) is 3.61. The zero-order chi connectivity index (χ0) is 10.8. The molecule has 0 saturated carbocycles. The van der Waals surface area contributed by atoms with Crippen molar-refractivity contribution in [1.82, 2.24) is 5.32 Å². The van der Waals surface area contributed by atoms with E-state index in [-0.39, 0.29) is 5.75 Å². The number of carbonyl (C=O) groups excluding carboxylic acids is 1. The minimum Gasteiger partial charge on any atom is -0.504 e. The number of aldehydes is 1. The van der Waals surface area contributed by atoms with E-state index in [0.29, 0.717) is 17.0 Å². The molecule has 15 heavy (non-hydrogen) atoms. The summed E-state index contributed by atoms with van der Waals surface area (Å²) in [5.41, 5.74) is 1.27. The number of hydrogen-bond acceptors (Lipinski definition) is 5. The van der Waals surface area contributed by atoms with Crippen molar-refractivity contribution >= 4 is 18.3 Å². The van der Waals surface area contributed by atoms with Crippen LogP contribution in [0.25, 0.3) is 0 Å². The average Bonchev–Trinajstić information content (AvgIpc) is 2.27. The summed E-state index contributed by atoms with van der Waals surface area (Å²) in [4.78, 5) is 14.8. The van der Waals surface area contributed by atoms with Crippen molar-refractivity contribution in [2.24, 2.45) is 4.99 Å². The lowest BCUT2D eigenvalue weighted by molar-refractivity contribution is -0.109. The molecule has 1 atom stereocenters. The molecule has 5 nitrogen and oxygen atoms in total. The lowest BCUT2D eigenvalue weighted by Gasteiger charge is -2.18. The highest BCUT2D eigenvalue weighted by molar-refractivity contribution is 5.78. The van der Waals surface area contributed by atoms with Crippen LogP contribution in [0.5, 0.6) is 11.5 Å². The first kappa shape index (κ1) is 9.51. The van der Waals surface area contributed by atoms with Gasteiger partial charge < -0.3 is 20.0 Å². The number of fused-ring (bicyclic) bond motifs is 1. The molecule has 0 aliphatic carbocycles. The fourth-order valence-corrected chi connectivity index (χ4v) is 1.49. The van der Waals surface area contributed by atoms with E-state index in [0.717, 1.165) is 6.29 Å². The van der Waals surface area contributed by atoms with E-state index in [2.05, 4.69) is 10.3 Å². The molecule has 1 heterocycles. The first-order valence-electron chi connectivity index (χ1n) is 4.41. The van der Waals surface area contributed by atoms with Gasteiger partial charge in [0, 0.05) is 11.6 Å². The van der Waals surface area contributed by atoms with E-state index in [1.807, 2.05) is 0 Å². The van der Waals surface area contributed by atoms with Crippen LogP contribution in [0, 0.1) is 0 Å². The normalized spacial score (nSPS) is 17.8. The van der Waals surface area contributed by atoms with Crippen molar-refractivity contribution in [2.45, 2.75) is 6.04 Å². The first-order chi connectivity index (χ1) is 7.26. The van der Waals surface area contributed by atoms with E-state index in [4.69, 9.17) is 4.74 Å². The highest BCUT2D eigenvalue weighted by atomic mass is 16.5. The Kier molecular flexibility index (Phi) is 2.29. The highest BCUT2D eigenvalue weighted by Gasteiger charge is 2.19. The standard InChI is InChI=1S/C10H10N2O3/c1-15-10-3-7-6(2-9(10)14)8(4-13)12-5-11-7/h2-5,8,14H,1H3,(H,11,12). The second-order valence-corrected chi connectivity index (χ2v) is 3.12. The number of aliphatic imine (C=N–C) groups is 1. The molecule has 2 rings (SSSR count). The Balaban J connectivity index is 2.55. The van der Waals surface area contributed by atoms with Crippen LogP contribution in [0.15, 0.2) is 17.1 Å². The van der Waals surface area contributed by atoms with Gasteiger partial charge in [-0.15, -0.1) is 0 Å². The Morgan fingerprint density at radius 3 is 3.07 bits per heavy atom. The van der Waals surface area contributed by atoms with Gasteiger partial charge in [-0.2, -0.15) is 0 Å². The molecule has 0 aromatic heterocycles. The van der Waals surface area contributed by atoms with Gasteiger partial charge >= 0.3 is 0 Å². The van der Waals surface area contributed by atoms with Gasteiger partial charge in [0.2, 0.25) is 0 Å². The van der Waals surface area contributed by atoms with Gasteiger partial charge in [0.1, 0.15) is 12.3 Å². The number of nitrogens with one attached hydrogen (secondary N) is 1. The summed E-state index contributed by atoms with van der Waals surface area (Å²) < 4.78 is 4.95. The molecule has 0 saturated heterocycles. The number of ether oxygens (including phenoxy) is 1. The summed E-state index contributed by atoms with van der Waals surface area (Å²) in [6.07, 6.45) is 2.22. The third-order valence-electron chi connectivity index (χ3n) is 2.26. The number of phenols is 1. The van der Waals surface area contributed by atoms with Gasteiger partial charge in [-0.05, 0) is 6.07 Å². The third-order valence-corrected chi connectivity index (χ3v) is 2.26. The number of phenolic OH excluding ortho intramolecular Hbond substituents is 1. The van der Waals surface area contributed by atoms with Crippen LogP contribution < -0.4 is 10.1 Å². The van der Waals surface area contributed by atoms with Crippen molar-refractivity contribution in [3.63, 3.8) is 0 Å². The molecule has 1 aliphatic heterocycles. The predicted octanol–water partition coefficient (Wildman–Crippen LogP) is 0.904. The molecular formula is C10H10N2O3. The smallest absolute Gasteiger partial charge is 0.162 e. The van der Waals surface area contributed by atoms with Crippen molar-refractivity contribution in [1.29, 1.82) is 0 Å². The molecule has 1 aromatic carbocycles. The van der Waals surface area contributed by atoms with Crippen molar-refractivity contribution in [3.8, 4) is 11.5 Å². The molecular weight excluding hydrogens is 196 g/mol. The van der Waals surface area contributed by atoms with Gasteiger partial charge in [-0.3, -0.25) is 0 Å². The van der Waals surface area contributed by atoms with Crippen molar-refractivity contribution in [3.05, 3.63) is 17.7 Å². The molecule has 0 fully saturated rings. The van der Waals surface area contributed by atoms with Crippen LogP contribution in [0.2, 0.25) is 0 Å². The Bertz CT molecular complexity index is 429. The summed E-state index contributed by atoms with van der Waals surface area (Å²) in [7, 11) is 1.46. The lowest BCUT2D eigenvalue weighted by atomic mass is 10.0. The number of carbonyl (C=O) groups is 1. The summed E-state index contributed by atoms with van der Waals surface area (Å²) in [6.45, 7) is 0. The van der Waals surface area contributed by atoms with Crippen LogP contribution in [0.1, 0.15) is 11.6 Å². The Labute approximate surface area is 86.4 Å². The number of hydrogen-bond donors (Lipinski definition) is 2. The lowest BCUT2D eigenvalue weighted by Crippen LogP contribution is -2.23. The molecule has 0 spiro atoms. The molecule has 1 unspecified atom stereocenters. The molecule has 0 bridgehead atoms. The third kappa shape index (κ3) is 1.52. The summed E-state index contributed by atoms with van der Waals surface area (Å²) in [5, 5.41) is 12.3. The predicted molar refractivity (Wildman–Crippen MR) is 54.8 cm³/mol. The van der Waals surface area contributed by atoms with E-state index in [9.17, 15) is 9.90 Å². The maximum atomic E-state index is 10.8. The Morgan fingerprint density at radius 1 is 1.60 bits per heavy atom. The second-order valence-electron chi connectivity index (χ2n) is 3.12. The quantitative estimate of drug-likeness (QED) is 0.705. The number of nitrogens with zero attached hydrogens (tertiary/aromatic N) is 1. The number of rotatable bonds is 2. The molecule has 78 valence electrons. The minimum atomic E-state index is -0.464. The largest absolute Gasteiger partial charge is 0.504 e. The minimum absolute atomic E-state index is 0.00185. The summed E-state index contributed by atoms with van der Waals surface area (Å²) in [5.74, 6) is 0.347. The Hall–Kier alpha value is -2.04. The van der Waals surface area contributed by atoms with E-state index >= 15 is 0 Å². The number of methoxy groups -OCH3 is 1. The molecule has 0 radical (unpaired) electrons. The van der Waals surface area contributed by atoms with Crippen LogP contribution in [0.3, 0.4) is 0 Å². The molecule has 1 aliphatic rings. The summed E-state index contributed by atoms with van der Waals surface area (Å²) in [6, 6.07) is 2.62. The first-order valence-corrected chi connectivity index (χ1v) is 4.41. The van der Waals surface area contributed by atoms with Crippen molar-refractivity contribution in [2.75, 3.05) is 7.11 Å². The molecule has 5 heteroatoms.